The second kappa shape index (κ2) is 8.17. The van der Waals surface area contributed by atoms with Gasteiger partial charge in [-0.3, -0.25) is 14.3 Å². The van der Waals surface area contributed by atoms with Crippen molar-refractivity contribution in [3.8, 4) is 0 Å². The van der Waals surface area contributed by atoms with E-state index in [1.807, 2.05) is 52.1 Å². The molecule has 0 aliphatic heterocycles. The van der Waals surface area contributed by atoms with Crippen LogP contribution in [0.15, 0.2) is 24.3 Å². The lowest BCUT2D eigenvalue weighted by Crippen LogP contribution is -2.33. The van der Waals surface area contributed by atoms with Crippen molar-refractivity contribution < 1.29 is 14.7 Å². The number of carbonyl (C=O) groups is 2. The summed E-state index contributed by atoms with van der Waals surface area (Å²) in [7, 11) is 1.85. The molecule has 0 aliphatic rings. The van der Waals surface area contributed by atoms with E-state index in [1.54, 1.807) is 4.68 Å². The summed E-state index contributed by atoms with van der Waals surface area (Å²) in [6.45, 7) is 12.0. The molecule has 2 aromatic rings. The average Bonchev–Trinajstić information content (AvgIpc) is 2.84. The van der Waals surface area contributed by atoms with Crippen molar-refractivity contribution in [1.29, 1.82) is 0 Å². The maximum absolute atomic E-state index is 12.9. The van der Waals surface area contributed by atoms with Gasteiger partial charge >= 0.3 is 5.97 Å². The van der Waals surface area contributed by atoms with Gasteiger partial charge in [-0.05, 0) is 37.3 Å². The molecule has 2 rings (SSSR count). The van der Waals surface area contributed by atoms with Crippen molar-refractivity contribution in [1.82, 2.24) is 15.1 Å². The lowest BCUT2D eigenvalue weighted by molar-refractivity contribution is -0.137. The molecular formula is C22H31N3O3. The third-order valence-corrected chi connectivity index (χ3v) is 5.27. The number of amides is 1. The van der Waals surface area contributed by atoms with Gasteiger partial charge in [0, 0.05) is 18.3 Å². The molecule has 0 spiro atoms. The van der Waals surface area contributed by atoms with Gasteiger partial charge in [0.05, 0.1) is 24.1 Å². The lowest BCUT2D eigenvalue weighted by Gasteiger charge is -2.23. The quantitative estimate of drug-likeness (QED) is 0.793. The number of rotatable bonds is 6. The lowest BCUT2D eigenvalue weighted by atomic mass is 9.86. The smallest absolute Gasteiger partial charge is 0.305 e. The molecular weight excluding hydrogens is 354 g/mol. The zero-order valence-corrected chi connectivity index (χ0v) is 17.8. The molecule has 1 aromatic heterocycles. The fourth-order valence-electron chi connectivity index (χ4n) is 3.49. The van der Waals surface area contributed by atoms with Gasteiger partial charge < -0.3 is 10.4 Å². The Morgan fingerprint density at radius 1 is 1.18 bits per heavy atom. The molecule has 0 radical (unpaired) electrons. The van der Waals surface area contributed by atoms with Crippen molar-refractivity contribution >= 4 is 11.9 Å². The molecule has 28 heavy (non-hydrogen) atoms. The number of hydrogen-bond acceptors (Lipinski definition) is 3. The third kappa shape index (κ3) is 4.80. The van der Waals surface area contributed by atoms with Crippen LogP contribution in [0.3, 0.4) is 0 Å². The fraction of sp³-hybridized carbons (Fsp3) is 0.500. The number of nitrogens with one attached hydrogen (secondary N) is 1. The summed E-state index contributed by atoms with van der Waals surface area (Å²) >= 11 is 0. The van der Waals surface area contributed by atoms with Crippen molar-refractivity contribution in [2.75, 3.05) is 0 Å². The maximum atomic E-state index is 12.9. The number of carboxylic acid groups (broad SMARTS) is 1. The molecule has 1 heterocycles. The summed E-state index contributed by atoms with van der Waals surface area (Å²) in [5.74, 6) is -1.57. The van der Waals surface area contributed by atoms with Crippen LogP contribution in [-0.4, -0.2) is 26.8 Å². The number of aromatic nitrogens is 2. The fourth-order valence-corrected chi connectivity index (χ4v) is 3.49. The summed E-state index contributed by atoms with van der Waals surface area (Å²) < 4.78 is 1.76. The number of aryl methyl sites for hydroxylation is 2. The summed E-state index contributed by atoms with van der Waals surface area (Å²) in [6, 6.07) is 7.21. The van der Waals surface area contributed by atoms with E-state index in [9.17, 15) is 14.7 Å². The van der Waals surface area contributed by atoms with Crippen LogP contribution in [0.1, 0.15) is 74.2 Å². The van der Waals surface area contributed by atoms with E-state index in [1.165, 1.54) is 0 Å². The van der Waals surface area contributed by atoms with E-state index in [0.29, 0.717) is 0 Å². The Labute approximate surface area is 167 Å². The molecule has 0 bridgehead atoms. The van der Waals surface area contributed by atoms with Crippen LogP contribution in [0.5, 0.6) is 0 Å². The predicted octanol–water partition coefficient (Wildman–Crippen LogP) is 3.77. The first-order valence-corrected chi connectivity index (χ1v) is 9.54. The topological polar surface area (TPSA) is 84.2 Å². The van der Waals surface area contributed by atoms with Gasteiger partial charge in [0.2, 0.25) is 5.91 Å². The Morgan fingerprint density at radius 2 is 1.75 bits per heavy atom. The number of carbonyl (C=O) groups excluding carboxylic acids is 1. The van der Waals surface area contributed by atoms with Crippen LogP contribution >= 0.6 is 0 Å². The van der Waals surface area contributed by atoms with Crippen LogP contribution in [0.25, 0.3) is 0 Å². The highest BCUT2D eigenvalue weighted by Crippen LogP contribution is 2.27. The Hall–Kier alpha value is -2.63. The molecule has 2 atom stereocenters. The maximum Gasteiger partial charge on any atom is 0.305 e. The van der Waals surface area contributed by atoms with E-state index >= 15 is 0 Å². The third-order valence-electron chi connectivity index (χ3n) is 5.27. The molecule has 2 unspecified atom stereocenters. The number of benzene rings is 1. The van der Waals surface area contributed by atoms with E-state index in [2.05, 4.69) is 31.2 Å². The Kier molecular flexibility index (Phi) is 6.32. The minimum absolute atomic E-state index is 0.00789. The average molecular weight is 386 g/mol. The molecule has 6 nitrogen and oxygen atoms in total. The molecule has 6 heteroatoms. The van der Waals surface area contributed by atoms with Gasteiger partial charge in [-0.1, -0.05) is 45.0 Å². The number of aliphatic carboxylic acids is 1. The van der Waals surface area contributed by atoms with Crippen LogP contribution in [0, 0.1) is 13.8 Å². The molecule has 0 saturated heterocycles. The van der Waals surface area contributed by atoms with E-state index < -0.39 is 17.9 Å². The molecule has 0 saturated carbocycles. The van der Waals surface area contributed by atoms with Crippen LogP contribution in [-0.2, 0) is 22.1 Å². The summed E-state index contributed by atoms with van der Waals surface area (Å²) in [6.07, 6.45) is -0.168. The minimum atomic E-state index is -0.952. The zero-order valence-electron chi connectivity index (χ0n) is 17.8. The molecule has 1 amide bonds. The predicted molar refractivity (Wildman–Crippen MR) is 109 cm³/mol. The van der Waals surface area contributed by atoms with Crippen molar-refractivity contribution in [3.63, 3.8) is 0 Å². The molecule has 1 aromatic carbocycles. The Morgan fingerprint density at radius 3 is 2.18 bits per heavy atom. The first kappa shape index (κ1) is 21.7. The second-order valence-corrected chi connectivity index (χ2v) is 8.46. The van der Waals surface area contributed by atoms with Crippen LogP contribution in [0.2, 0.25) is 0 Å². The summed E-state index contributed by atoms with van der Waals surface area (Å²) in [5.41, 5.74) is 4.59. The van der Waals surface area contributed by atoms with Crippen molar-refractivity contribution in [2.45, 2.75) is 65.3 Å². The van der Waals surface area contributed by atoms with Gasteiger partial charge in [-0.15, -0.1) is 0 Å². The number of hydrogen-bond donors (Lipinski definition) is 2. The largest absolute Gasteiger partial charge is 0.481 e. The SMILES string of the molecule is Cc1nn(C)c(C)c1C(C)C(=O)NC(CC(=O)O)c1ccc(C(C)(C)C)cc1. The molecule has 0 aliphatic carbocycles. The number of carboxylic acids is 1. The van der Waals surface area contributed by atoms with Gasteiger partial charge in [0.1, 0.15) is 0 Å². The number of nitrogens with zero attached hydrogens (tertiary/aromatic N) is 2. The second-order valence-electron chi connectivity index (χ2n) is 8.46. The Bertz CT molecular complexity index is 860. The van der Waals surface area contributed by atoms with E-state index in [-0.39, 0.29) is 17.7 Å². The monoisotopic (exact) mass is 385 g/mol. The van der Waals surface area contributed by atoms with Gasteiger partial charge in [-0.25, -0.2) is 0 Å². The van der Waals surface area contributed by atoms with Crippen LogP contribution in [0.4, 0.5) is 0 Å². The zero-order chi connectivity index (χ0) is 21.2. The molecule has 2 N–H and O–H groups in total. The van der Waals surface area contributed by atoms with Gasteiger partial charge in [-0.2, -0.15) is 5.10 Å². The molecule has 0 fully saturated rings. The van der Waals surface area contributed by atoms with Gasteiger partial charge in [0.15, 0.2) is 0 Å². The first-order valence-electron chi connectivity index (χ1n) is 9.54. The highest BCUT2D eigenvalue weighted by molar-refractivity contribution is 5.84. The van der Waals surface area contributed by atoms with E-state index in [4.69, 9.17) is 0 Å². The van der Waals surface area contributed by atoms with Crippen molar-refractivity contribution in [2.24, 2.45) is 7.05 Å². The highest BCUT2D eigenvalue weighted by atomic mass is 16.4. The van der Waals surface area contributed by atoms with E-state index in [0.717, 1.165) is 28.1 Å². The molecule has 152 valence electrons. The van der Waals surface area contributed by atoms with Gasteiger partial charge in [0.25, 0.3) is 0 Å². The minimum Gasteiger partial charge on any atom is -0.481 e. The summed E-state index contributed by atoms with van der Waals surface area (Å²) in [4.78, 5) is 24.3. The standard InChI is InChI=1S/C22H31N3O3/c1-13(20-14(2)24-25(7)15(20)3)21(28)23-18(12-19(26)27)16-8-10-17(11-9-16)22(4,5)6/h8-11,13,18H,12H2,1-7H3,(H,23,28)(H,26,27). The highest BCUT2D eigenvalue weighted by Gasteiger charge is 2.26. The van der Waals surface area contributed by atoms with Crippen LogP contribution < -0.4 is 5.32 Å². The Balaban J connectivity index is 2.26. The normalized spacial score (nSPS) is 13.8. The summed E-state index contributed by atoms with van der Waals surface area (Å²) in [5, 5.41) is 16.6. The first-order chi connectivity index (χ1) is 12.9. The van der Waals surface area contributed by atoms with Crippen molar-refractivity contribution in [3.05, 3.63) is 52.3 Å².